The van der Waals surface area contributed by atoms with Crippen molar-refractivity contribution in [2.45, 2.75) is 38.5 Å². The zero-order chi connectivity index (χ0) is 13.8. The third-order valence-electron chi connectivity index (χ3n) is 3.33. The van der Waals surface area contributed by atoms with E-state index in [1.54, 1.807) is 12.1 Å². The molecule has 104 valence electrons. The van der Waals surface area contributed by atoms with Gasteiger partial charge in [-0.25, -0.2) is 0 Å². The molecule has 0 aromatic heterocycles. The van der Waals surface area contributed by atoms with Gasteiger partial charge in [0.15, 0.2) is 0 Å². The van der Waals surface area contributed by atoms with Crippen molar-refractivity contribution in [2.75, 3.05) is 6.61 Å². The molecule has 0 atom stereocenters. The van der Waals surface area contributed by atoms with E-state index in [0.29, 0.717) is 18.7 Å². The highest BCUT2D eigenvalue weighted by Crippen LogP contribution is 2.26. The Kier molecular flexibility index (Phi) is 4.90. The summed E-state index contributed by atoms with van der Waals surface area (Å²) in [6.45, 7) is 3.49. The van der Waals surface area contributed by atoms with Crippen molar-refractivity contribution < 1.29 is 9.66 Å². The van der Waals surface area contributed by atoms with Crippen LogP contribution >= 0.6 is 15.9 Å². The first-order valence-corrected chi connectivity index (χ1v) is 7.17. The van der Waals surface area contributed by atoms with Crippen molar-refractivity contribution in [1.82, 2.24) is 5.32 Å². The van der Waals surface area contributed by atoms with Crippen LogP contribution in [0.25, 0.3) is 0 Å². The number of non-ortho nitro benzene ring substituents is 1. The summed E-state index contributed by atoms with van der Waals surface area (Å²) in [4.78, 5) is 10.3. The van der Waals surface area contributed by atoms with E-state index in [-0.39, 0.29) is 10.6 Å². The number of nitro groups is 1. The first-order chi connectivity index (χ1) is 9.10. The fourth-order valence-corrected chi connectivity index (χ4v) is 2.66. The molecular weight excluding hydrogens is 312 g/mol. The van der Waals surface area contributed by atoms with Gasteiger partial charge in [0.1, 0.15) is 0 Å². The maximum atomic E-state index is 10.6. The zero-order valence-electron chi connectivity index (χ0n) is 10.8. The highest BCUT2D eigenvalue weighted by atomic mass is 79.9. The predicted octanol–water partition coefficient (Wildman–Crippen LogP) is 3.01. The second kappa shape index (κ2) is 6.45. The van der Waals surface area contributed by atoms with Crippen LogP contribution in [0.15, 0.2) is 22.7 Å². The van der Waals surface area contributed by atoms with Crippen LogP contribution in [0.3, 0.4) is 0 Å². The predicted molar refractivity (Wildman–Crippen MR) is 76.1 cm³/mol. The number of hydrogen-bond donors (Lipinski definition) is 1. The minimum atomic E-state index is -0.388. The van der Waals surface area contributed by atoms with Crippen LogP contribution in [0.5, 0.6) is 0 Å². The Balaban J connectivity index is 1.82. The first kappa shape index (κ1) is 14.4. The highest BCUT2D eigenvalue weighted by molar-refractivity contribution is 9.10. The van der Waals surface area contributed by atoms with E-state index < -0.39 is 0 Å². The van der Waals surface area contributed by atoms with Gasteiger partial charge in [-0.3, -0.25) is 10.1 Å². The maximum Gasteiger partial charge on any atom is 0.270 e. The molecule has 1 N–H and O–H groups in total. The van der Waals surface area contributed by atoms with Crippen molar-refractivity contribution in [1.29, 1.82) is 0 Å². The second-order valence-corrected chi connectivity index (χ2v) is 5.51. The number of nitrogens with one attached hydrogen (secondary N) is 1. The third-order valence-corrected chi connectivity index (χ3v) is 4.06. The summed E-state index contributed by atoms with van der Waals surface area (Å²) < 4.78 is 6.27. The number of ether oxygens (including phenoxy) is 1. The molecule has 0 aliphatic heterocycles. The van der Waals surface area contributed by atoms with Crippen molar-refractivity contribution in [3.63, 3.8) is 0 Å². The number of rotatable bonds is 6. The lowest BCUT2D eigenvalue weighted by Crippen LogP contribution is -2.45. The smallest absolute Gasteiger partial charge is 0.270 e. The standard InChI is InChI=1S/C13H17BrN2O3/c1-2-19-12-5-10(6-12)15-8-9-3-4-11(16(17)18)7-13(9)14/h3-4,7,10,12,15H,2,5-6,8H2,1H3. The minimum absolute atomic E-state index is 0.107. The van der Waals surface area contributed by atoms with Crippen LogP contribution < -0.4 is 5.32 Å². The lowest BCUT2D eigenvalue weighted by Gasteiger charge is -2.35. The van der Waals surface area contributed by atoms with Gasteiger partial charge in [-0.1, -0.05) is 15.9 Å². The Morgan fingerprint density at radius 3 is 2.84 bits per heavy atom. The largest absolute Gasteiger partial charge is 0.378 e. The van der Waals surface area contributed by atoms with Crippen LogP contribution in [-0.2, 0) is 11.3 Å². The van der Waals surface area contributed by atoms with Gasteiger partial charge in [0.05, 0.1) is 11.0 Å². The average molecular weight is 329 g/mol. The van der Waals surface area contributed by atoms with Gasteiger partial charge in [-0.2, -0.15) is 0 Å². The van der Waals surface area contributed by atoms with Crippen LogP contribution in [-0.4, -0.2) is 23.7 Å². The molecule has 5 nitrogen and oxygen atoms in total. The van der Waals surface area contributed by atoms with Crippen LogP contribution in [0.1, 0.15) is 25.3 Å². The van der Waals surface area contributed by atoms with E-state index in [1.807, 2.05) is 6.92 Å². The summed E-state index contributed by atoms with van der Waals surface area (Å²) in [7, 11) is 0. The molecule has 19 heavy (non-hydrogen) atoms. The summed E-state index contributed by atoms with van der Waals surface area (Å²) in [5, 5.41) is 14.1. The van der Waals surface area contributed by atoms with Gasteiger partial charge >= 0.3 is 0 Å². The fourth-order valence-electron chi connectivity index (χ4n) is 2.15. The Morgan fingerprint density at radius 1 is 1.53 bits per heavy atom. The molecule has 1 aromatic rings. The summed E-state index contributed by atoms with van der Waals surface area (Å²) in [6, 6.07) is 5.35. The average Bonchev–Trinajstić information content (AvgIpc) is 2.33. The highest BCUT2D eigenvalue weighted by Gasteiger charge is 2.28. The number of nitro benzene ring substituents is 1. The zero-order valence-corrected chi connectivity index (χ0v) is 12.4. The van der Waals surface area contributed by atoms with E-state index >= 15 is 0 Å². The fraction of sp³-hybridized carbons (Fsp3) is 0.538. The summed E-state index contributed by atoms with van der Waals surface area (Å²) in [5.74, 6) is 0. The van der Waals surface area contributed by atoms with Crippen molar-refractivity contribution in [2.24, 2.45) is 0 Å². The molecule has 6 heteroatoms. The van der Waals surface area contributed by atoms with Crippen LogP contribution in [0.4, 0.5) is 5.69 Å². The SMILES string of the molecule is CCOC1CC(NCc2ccc([N+](=O)[O-])cc2Br)C1. The van der Waals surface area contributed by atoms with Crippen molar-refractivity contribution >= 4 is 21.6 Å². The molecule has 1 aliphatic carbocycles. The Labute approximate surface area is 120 Å². The summed E-state index contributed by atoms with van der Waals surface area (Å²) in [6.07, 6.45) is 2.47. The van der Waals surface area contributed by atoms with Crippen LogP contribution in [0, 0.1) is 10.1 Å². The van der Waals surface area contributed by atoms with E-state index in [0.717, 1.165) is 29.5 Å². The van der Waals surface area contributed by atoms with Gasteiger partial charge in [0, 0.05) is 35.8 Å². The van der Waals surface area contributed by atoms with Crippen molar-refractivity contribution in [3.8, 4) is 0 Å². The van der Waals surface area contributed by atoms with E-state index in [1.165, 1.54) is 6.07 Å². The van der Waals surface area contributed by atoms with E-state index in [4.69, 9.17) is 4.74 Å². The lowest BCUT2D eigenvalue weighted by atomic mass is 9.89. The van der Waals surface area contributed by atoms with Gasteiger partial charge in [0.2, 0.25) is 0 Å². The summed E-state index contributed by atoms with van der Waals surface area (Å²) in [5.41, 5.74) is 1.14. The molecule has 1 fully saturated rings. The molecule has 1 aliphatic rings. The number of hydrogen-bond acceptors (Lipinski definition) is 4. The van der Waals surface area contributed by atoms with Gasteiger partial charge in [-0.15, -0.1) is 0 Å². The first-order valence-electron chi connectivity index (χ1n) is 6.38. The molecule has 0 radical (unpaired) electrons. The van der Waals surface area contributed by atoms with E-state index in [9.17, 15) is 10.1 Å². The molecule has 0 unspecified atom stereocenters. The molecule has 0 bridgehead atoms. The van der Waals surface area contributed by atoms with Crippen LogP contribution in [0.2, 0.25) is 0 Å². The number of halogens is 1. The normalized spacial score (nSPS) is 22.0. The van der Waals surface area contributed by atoms with Gasteiger partial charge in [-0.05, 0) is 31.4 Å². The second-order valence-electron chi connectivity index (χ2n) is 4.66. The maximum absolute atomic E-state index is 10.6. The molecule has 0 saturated heterocycles. The number of nitrogens with zero attached hydrogens (tertiary/aromatic N) is 1. The molecule has 0 spiro atoms. The molecule has 1 saturated carbocycles. The Hall–Kier alpha value is -0.980. The summed E-state index contributed by atoms with van der Waals surface area (Å²) >= 11 is 3.37. The minimum Gasteiger partial charge on any atom is -0.378 e. The molecular formula is C13H17BrN2O3. The monoisotopic (exact) mass is 328 g/mol. The third kappa shape index (κ3) is 3.75. The van der Waals surface area contributed by atoms with Crippen molar-refractivity contribution in [3.05, 3.63) is 38.3 Å². The van der Waals surface area contributed by atoms with Gasteiger partial charge in [0.25, 0.3) is 5.69 Å². The molecule has 2 rings (SSSR count). The Morgan fingerprint density at radius 2 is 2.26 bits per heavy atom. The molecule has 1 aromatic carbocycles. The van der Waals surface area contributed by atoms with Gasteiger partial charge < -0.3 is 10.1 Å². The van der Waals surface area contributed by atoms with E-state index in [2.05, 4.69) is 21.2 Å². The topological polar surface area (TPSA) is 64.4 Å². The quantitative estimate of drug-likeness (QED) is 0.644. The number of benzene rings is 1. The molecule has 0 amide bonds. The Bertz CT molecular complexity index is 461. The molecule has 0 heterocycles. The lowest BCUT2D eigenvalue weighted by molar-refractivity contribution is -0.384.